The number of anilines is 2. The van der Waals surface area contributed by atoms with Gasteiger partial charge in [0.2, 0.25) is 5.91 Å². The maximum atomic E-state index is 13.8. The van der Waals surface area contributed by atoms with Crippen molar-refractivity contribution in [2.75, 3.05) is 16.8 Å². The molecule has 0 spiro atoms. The van der Waals surface area contributed by atoms with Crippen LogP contribution in [-0.2, 0) is 11.2 Å². The second-order valence-electron chi connectivity index (χ2n) is 6.32. The first-order valence-corrected chi connectivity index (χ1v) is 8.19. The number of amides is 1. The van der Waals surface area contributed by atoms with Crippen LogP contribution >= 0.6 is 0 Å². The highest BCUT2D eigenvalue weighted by atomic mass is 19.2. The van der Waals surface area contributed by atoms with Crippen molar-refractivity contribution in [1.82, 2.24) is 0 Å². The summed E-state index contributed by atoms with van der Waals surface area (Å²) in [7, 11) is 0. The van der Waals surface area contributed by atoms with Gasteiger partial charge in [0, 0.05) is 12.2 Å². The summed E-state index contributed by atoms with van der Waals surface area (Å²) in [6.45, 7) is 4.42. The summed E-state index contributed by atoms with van der Waals surface area (Å²) in [5.74, 6) is -4.75. The number of fused-ring (bicyclic) bond motifs is 1. The Labute approximate surface area is 144 Å². The van der Waals surface area contributed by atoms with Crippen molar-refractivity contribution in [3.05, 3.63) is 58.9 Å². The Morgan fingerprint density at radius 2 is 1.92 bits per heavy atom. The van der Waals surface area contributed by atoms with Gasteiger partial charge in [0.05, 0.1) is 5.69 Å². The zero-order valence-corrected chi connectivity index (χ0v) is 14.1. The number of halogens is 3. The third-order valence-corrected chi connectivity index (χ3v) is 4.53. The first kappa shape index (κ1) is 17.3. The molecule has 1 aliphatic rings. The number of hydrogen-bond acceptors (Lipinski definition) is 2. The second kappa shape index (κ2) is 6.78. The highest BCUT2D eigenvalue weighted by Gasteiger charge is 2.27. The number of carbonyl (C=O) groups excluding carboxylic acids is 1. The van der Waals surface area contributed by atoms with Crippen LogP contribution in [0.4, 0.5) is 24.5 Å². The first-order chi connectivity index (χ1) is 11.9. The SMILES string of the molecule is Cc1ccc2c(c1)CCCN2[C@@H](C)C(=O)Nc1ccc(F)c(F)c1F. The lowest BCUT2D eigenvalue weighted by Crippen LogP contribution is -2.44. The monoisotopic (exact) mass is 348 g/mol. The smallest absolute Gasteiger partial charge is 0.246 e. The summed E-state index contributed by atoms with van der Waals surface area (Å²) in [5.41, 5.74) is 2.94. The fourth-order valence-corrected chi connectivity index (χ4v) is 3.16. The van der Waals surface area contributed by atoms with Crippen LogP contribution < -0.4 is 10.2 Å². The summed E-state index contributed by atoms with van der Waals surface area (Å²) < 4.78 is 40.1. The molecule has 2 aromatic carbocycles. The Hall–Kier alpha value is -2.50. The van der Waals surface area contributed by atoms with Gasteiger partial charge in [-0.25, -0.2) is 13.2 Å². The van der Waals surface area contributed by atoms with Crippen LogP contribution in [0.5, 0.6) is 0 Å². The van der Waals surface area contributed by atoms with Gasteiger partial charge in [-0.1, -0.05) is 17.7 Å². The number of aryl methyl sites for hydroxylation is 2. The number of rotatable bonds is 3. The van der Waals surface area contributed by atoms with Gasteiger partial charge in [0.25, 0.3) is 0 Å². The molecular formula is C19H19F3N2O. The van der Waals surface area contributed by atoms with E-state index in [0.29, 0.717) is 6.54 Å². The molecule has 1 atom stereocenters. The number of benzene rings is 2. The van der Waals surface area contributed by atoms with Crippen molar-refractivity contribution < 1.29 is 18.0 Å². The van der Waals surface area contributed by atoms with Gasteiger partial charge in [-0.2, -0.15) is 0 Å². The molecule has 3 nitrogen and oxygen atoms in total. The zero-order valence-electron chi connectivity index (χ0n) is 14.1. The summed E-state index contributed by atoms with van der Waals surface area (Å²) in [6.07, 6.45) is 1.85. The van der Waals surface area contributed by atoms with E-state index in [4.69, 9.17) is 0 Å². The van der Waals surface area contributed by atoms with E-state index in [9.17, 15) is 18.0 Å². The molecule has 0 aliphatic carbocycles. The maximum absolute atomic E-state index is 13.8. The average molecular weight is 348 g/mol. The standard InChI is InChI=1S/C19H19F3N2O/c1-11-5-8-16-13(10-11)4-3-9-24(16)12(2)19(25)23-15-7-6-14(20)17(21)18(15)22/h5-8,10,12H,3-4,9H2,1-2H3,(H,23,25)/t12-/m0/s1. The van der Waals surface area contributed by atoms with E-state index < -0.39 is 29.4 Å². The van der Waals surface area contributed by atoms with E-state index in [1.165, 1.54) is 5.56 Å². The predicted octanol–water partition coefficient (Wildman–Crippen LogP) is 4.19. The lowest BCUT2D eigenvalue weighted by molar-refractivity contribution is -0.117. The summed E-state index contributed by atoms with van der Waals surface area (Å²) in [4.78, 5) is 14.5. The van der Waals surface area contributed by atoms with Gasteiger partial charge in [0.15, 0.2) is 17.5 Å². The molecule has 0 aromatic heterocycles. The Morgan fingerprint density at radius 3 is 2.68 bits per heavy atom. The van der Waals surface area contributed by atoms with Crippen LogP contribution in [0.1, 0.15) is 24.5 Å². The molecule has 1 aliphatic heterocycles. The van der Waals surface area contributed by atoms with Crippen molar-refractivity contribution in [2.45, 2.75) is 32.7 Å². The van der Waals surface area contributed by atoms with Crippen LogP contribution in [0.2, 0.25) is 0 Å². The Bertz CT molecular complexity index is 823. The average Bonchev–Trinajstić information content (AvgIpc) is 2.60. The topological polar surface area (TPSA) is 32.3 Å². The summed E-state index contributed by atoms with van der Waals surface area (Å²) >= 11 is 0. The van der Waals surface area contributed by atoms with Gasteiger partial charge < -0.3 is 10.2 Å². The molecular weight excluding hydrogens is 329 g/mol. The fraction of sp³-hybridized carbons (Fsp3) is 0.316. The number of carbonyl (C=O) groups is 1. The molecule has 1 amide bonds. The molecule has 0 bridgehead atoms. The molecule has 0 radical (unpaired) electrons. The molecule has 2 aromatic rings. The number of nitrogens with zero attached hydrogens (tertiary/aromatic N) is 1. The molecule has 3 rings (SSSR count). The largest absolute Gasteiger partial charge is 0.360 e. The summed E-state index contributed by atoms with van der Waals surface area (Å²) in [5, 5.41) is 2.36. The Balaban J connectivity index is 1.81. The summed E-state index contributed by atoms with van der Waals surface area (Å²) in [6, 6.07) is 7.29. The van der Waals surface area contributed by atoms with Gasteiger partial charge in [-0.05, 0) is 50.5 Å². The normalized spacial score (nSPS) is 14.8. The van der Waals surface area contributed by atoms with E-state index in [1.54, 1.807) is 6.92 Å². The van der Waals surface area contributed by atoms with Crippen LogP contribution in [0.25, 0.3) is 0 Å². The molecule has 0 saturated heterocycles. The number of hydrogen-bond donors (Lipinski definition) is 1. The third kappa shape index (κ3) is 3.34. The lowest BCUT2D eigenvalue weighted by Gasteiger charge is -2.35. The first-order valence-electron chi connectivity index (χ1n) is 8.19. The molecule has 132 valence electrons. The van der Waals surface area contributed by atoms with Gasteiger partial charge >= 0.3 is 0 Å². The Kier molecular flexibility index (Phi) is 4.70. The van der Waals surface area contributed by atoms with Crippen LogP contribution in [0.3, 0.4) is 0 Å². The van der Waals surface area contributed by atoms with Crippen LogP contribution in [0.15, 0.2) is 30.3 Å². The van der Waals surface area contributed by atoms with Crippen molar-refractivity contribution in [1.29, 1.82) is 0 Å². The van der Waals surface area contributed by atoms with Crippen molar-refractivity contribution >= 4 is 17.3 Å². The molecule has 0 unspecified atom stereocenters. The van der Waals surface area contributed by atoms with Crippen molar-refractivity contribution in [3.63, 3.8) is 0 Å². The molecule has 1 N–H and O–H groups in total. The minimum Gasteiger partial charge on any atom is -0.360 e. The van der Waals surface area contributed by atoms with Crippen molar-refractivity contribution in [3.8, 4) is 0 Å². The quantitative estimate of drug-likeness (QED) is 0.844. The van der Waals surface area contributed by atoms with Crippen LogP contribution in [-0.4, -0.2) is 18.5 Å². The molecule has 25 heavy (non-hydrogen) atoms. The van der Waals surface area contributed by atoms with Gasteiger partial charge in [-0.15, -0.1) is 0 Å². The van der Waals surface area contributed by atoms with Crippen LogP contribution in [0, 0.1) is 24.4 Å². The molecule has 0 saturated carbocycles. The molecule has 0 fully saturated rings. The van der Waals surface area contributed by atoms with E-state index in [2.05, 4.69) is 11.4 Å². The fourth-order valence-electron chi connectivity index (χ4n) is 3.16. The number of nitrogens with one attached hydrogen (secondary N) is 1. The van der Waals surface area contributed by atoms with Crippen molar-refractivity contribution in [2.24, 2.45) is 0 Å². The minimum absolute atomic E-state index is 0.364. The highest BCUT2D eigenvalue weighted by Crippen LogP contribution is 2.30. The van der Waals surface area contributed by atoms with Gasteiger partial charge in [-0.3, -0.25) is 4.79 Å². The van der Waals surface area contributed by atoms with E-state index >= 15 is 0 Å². The van der Waals surface area contributed by atoms with E-state index in [0.717, 1.165) is 36.2 Å². The molecule has 1 heterocycles. The predicted molar refractivity (Wildman–Crippen MR) is 91.3 cm³/mol. The second-order valence-corrected chi connectivity index (χ2v) is 6.32. The van der Waals surface area contributed by atoms with E-state index in [1.807, 2.05) is 24.0 Å². The van der Waals surface area contributed by atoms with Gasteiger partial charge in [0.1, 0.15) is 6.04 Å². The van der Waals surface area contributed by atoms with E-state index in [-0.39, 0.29) is 5.69 Å². The highest BCUT2D eigenvalue weighted by molar-refractivity contribution is 5.97. The third-order valence-electron chi connectivity index (χ3n) is 4.53. The minimum atomic E-state index is -1.59. The zero-order chi connectivity index (χ0) is 18.1. The lowest BCUT2D eigenvalue weighted by atomic mass is 9.98. The Morgan fingerprint density at radius 1 is 1.16 bits per heavy atom. The molecule has 6 heteroatoms. The maximum Gasteiger partial charge on any atom is 0.246 e.